The van der Waals surface area contributed by atoms with Gasteiger partial charge in [-0.25, -0.2) is 0 Å². The van der Waals surface area contributed by atoms with Crippen molar-refractivity contribution in [2.75, 3.05) is 0 Å². The van der Waals surface area contributed by atoms with E-state index in [0.717, 1.165) is 0 Å². The average molecular weight is 866 g/mol. The summed E-state index contributed by atoms with van der Waals surface area (Å²) in [5.41, 5.74) is 0. The molecule has 0 spiro atoms. The SMILES string of the molecule is [CH3][Ge][CH3].[CH3][Ge][CH3].[Ge].[Ge].[Ge].[Ge].[Ge]=[Ge].[Si].[Si].[Si].[Si].[Si].[Si].[Si].[Si]. The summed E-state index contributed by atoms with van der Waals surface area (Å²) in [6, 6.07) is 0. The quantitative estimate of drug-likeness (QED) is 0.220. The fourth-order valence-electron chi connectivity index (χ4n) is 0. The van der Waals surface area contributed by atoms with Crippen molar-refractivity contribution < 1.29 is 0 Å². The third-order valence-electron chi connectivity index (χ3n) is 0. The summed E-state index contributed by atoms with van der Waals surface area (Å²) in [5, 5.41) is 0. The Hall–Kier alpha value is 6.08. The van der Waals surface area contributed by atoms with Crippen molar-refractivity contribution in [3.63, 3.8) is 0 Å². The smallest absolute Gasteiger partial charge is 0 e. The van der Waals surface area contributed by atoms with E-state index in [4.69, 9.17) is 0 Å². The van der Waals surface area contributed by atoms with Crippen LogP contribution in [0.4, 0.5) is 0 Å². The summed E-state index contributed by atoms with van der Waals surface area (Å²) in [6.07, 6.45) is 0. The molecule has 0 aliphatic carbocycles. The van der Waals surface area contributed by atoms with Gasteiger partial charge in [0, 0.05) is 158 Å². The predicted molar refractivity (Wildman–Crippen MR) is 116 cm³/mol. The molecule has 0 nitrogen and oxygen atoms in total. The van der Waals surface area contributed by atoms with Crippen LogP contribution in [0.1, 0.15) is 0 Å². The van der Waals surface area contributed by atoms with Gasteiger partial charge >= 0.3 is 81.9 Å². The first-order valence-electron chi connectivity index (χ1n) is 2.25. The van der Waals surface area contributed by atoms with Crippen molar-refractivity contribution in [3.05, 3.63) is 0 Å². The van der Waals surface area contributed by atoms with Gasteiger partial charge in [0.15, 0.2) is 0 Å². The predicted octanol–water partition coefficient (Wildman–Crippen LogP) is -3.76. The van der Waals surface area contributed by atoms with E-state index in [1.807, 2.05) is 28.0 Å². The summed E-state index contributed by atoms with van der Waals surface area (Å²) in [4.78, 5) is 0. The van der Waals surface area contributed by atoms with Crippen molar-refractivity contribution in [2.45, 2.75) is 23.0 Å². The van der Waals surface area contributed by atoms with Crippen LogP contribution in [0, 0.1) is 0 Å². The molecule has 0 aromatic carbocycles. The zero-order valence-electron chi connectivity index (χ0n) is 12.0. The molecule has 16 heteroatoms. The Bertz CT molecular complexity index is 37.9. The first-order valence-corrected chi connectivity index (χ1v) is 17.1. The minimum absolute atomic E-state index is 0. The first kappa shape index (κ1) is 134. The monoisotopic (exact) mass is 875 g/mol. The van der Waals surface area contributed by atoms with E-state index in [-0.39, 0.29) is 158 Å². The second kappa shape index (κ2) is 223. The van der Waals surface area contributed by atoms with Crippen molar-refractivity contribution in [1.29, 1.82) is 0 Å². The zero-order chi connectivity index (χ0) is 7.41. The van der Waals surface area contributed by atoms with E-state index >= 15 is 0 Å². The van der Waals surface area contributed by atoms with Gasteiger partial charge in [0.2, 0.25) is 0 Å². The number of hydrogen-bond donors (Lipinski definition) is 0. The van der Waals surface area contributed by atoms with Gasteiger partial charge in [-0.3, -0.25) is 0 Å². The van der Waals surface area contributed by atoms with E-state index < -0.39 is 0 Å². The van der Waals surface area contributed by atoms with Crippen LogP contribution in [0.5, 0.6) is 0 Å². The maximum atomic E-state index is 2.25. The van der Waals surface area contributed by atoms with Gasteiger partial charge in [0.05, 0.1) is 0 Å². The van der Waals surface area contributed by atoms with Crippen LogP contribution in [-0.4, -0.2) is 217 Å². The van der Waals surface area contributed by atoms with Crippen LogP contribution >= 0.6 is 0 Å². The van der Waals surface area contributed by atoms with Crippen molar-refractivity contribution in [2.24, 2.45) is 0 Å². The Balaban J connectivity index is -0.00000000112. The molecule has 0 heterocycles. The number of hydrogen-bond acceptors (Lipinski definition) is 0. The molecule has 0 unspecified atom stereocenters. The van der Waals surface area contributed by atoms with Gasteiger partial charge in [-0.15, -0.1) is 0 Å². The summed E-state index contributed by atoms with van der Waals surface area (Å²) in [5.74, 6) is 9.00. The van der Waals surface area contributed by atoms with Crippen molar-refractivity contribution in [1.82, 2.24) is 0 Å². The molecule has 20 heavy (non-hydrogen) atoms. The third-order valence-corrected chi connectivity index (χ3v) is 0. The van der Waals surface area contributed by atoms with Gasteiger partial charge in [-0.05, 0) is 0 Å². The van der Waals surface area contributed by atoms with E-state index in [1.54, 1.807) is 0 Å². The summed E-state index contributed by atoms with van der Waals surface area (Å²) in [6.45, 7) is 0. The van der Waals surface area contributed by atoms with Crippen LogP contribution in [0.25, 0.3) is 0 Å². The standard InChI is InChI=1S/2C2H6Ge.Ge2.4Ge.8Si/c2*1-3-2;1-2;;;;;;;;;;;;/h2*1-2H3;;;;;;;;;;;;;. The average Bonchev–Trinajstić information content (AvgIpc) is 1.75. The molecule has 0 aliphatic rings. The van der Waals surface area contributed by atoms with Gasteiger partial charge < -0.3 is 0 Å². The van der Waals surface area contributed by atoms with Crippen LogP contribution in [0.15, 0.2) is 0 Å². The van der Waals surface area contributed by atoms with Crippen molar-refractivity contribution in [3.8, 4) is 0 Å². The van der Waals surface area contributed by atoms with Crippen LogP contribution in [0.2, 0.25) is 23.0 Å². The molecule has 0 aromatic rings. The Kier molecular flexibility index (Phi) is 1490. The molecule has 0 bridgehead atoms. The fourth-order valence-corrected chi connectivity index (χ4v) is 0. The van der Waals surface area contributed by atoms with Gasteiger partial charge in [0.25, 0.3) is 0 Å². The summed E-state index contributed by atoms with van der Waals surface area (Å²) < 4.78 is 0. The molecule has 0 amide bonds. The molecule has 0 fully saturated rings. The van der Waals surface area contributed by atoms with E-state index in [2.05, 4.69) is 23.0 Å². The second-order valence-corrected chi connectivity index (χ2v) is 5.20. The Morgan fingerprint density at radius 2 is 0.400 bits per heavy atom. The van der Waals surface area contributed by atoms with Crippen LogP contribution < -0.4 is 0 Å². The van der Waals surface area contributed by atoms with Gasteiger partial charge in [-0.2, -0.15) is 0 Å². The van der Waals surface area contributed by atoms with Crippen LogP contribution in [0.3, 0.4) is 0 Å². The third kappa shape index (κ3) is 347. The molecule has 0 aliphatic heterocycles. The largest absolute Gasteiger partial charge is 0 e. The number of rotatable bonds is 0. The fraction of sp³-hybridized carbons (Fsp3) is 1.00. The zero-order valence-corrected chi connectivity index (χ0v) is 36.8. The topological polar surface area (TPSA) is 0 Å². The Morgan fingerprint density at radius 3 is 0.400 bits per heavy atom. The maximum Gasteiger partial charge on any atom is 0 e. The molecule has 0 N–H and O–H groups in total. The molecule has 0 atom stereocenters. The van der Waals surface area contributed by atoms with Gasteiger partial charge in [0.1, 0.15) is 0 Å². The minimum atomic E-state index is 0. The first-order chi connectivity index (χ1) is 3.83. The second-order valence-electron chi connectivity index (χ2n) is 1.00. The maximum absolute atomic E-state index is 2.25. The Morgan fingerprint density at radius 1 is 0.400 bits per heavy atom. The van der Waals surface area contributed by atoms with E-state index in [1.165, 1.54) is 0 Å². The summed E-state index contributed by atoms with van der Waals surface area (Å²) >= 11 is 5.00. The van der Waals surface area contributed by atoms with E-state index in [0.29, 0.717) is 30.9 Å². The summed E-state index contributed by atoms with van der Waals surface area (Å²) in [7, 11) is 0. The normalized spacial score (nSPS) is 2.00. The molecular weight excluding hydrogens is 854 g/mol. The molecule has 0 saturated heterocycles. The Labute approximate surface area is 236 Å². The molecular formula is C4H12Ge8Si8. The minimum Gasteiger partial charge on any atom is 0 e. The molecule has 0 rings (SSSR count). The van der Waals surface area contributed by atoms with E-state index in [9.17, 15) is 0 Å². The molecule has 92 valence electrons. The van der Waals surface area contributed by atoms with Crippen molar-refractivity contribution >= 4 is 217 Å². The molecule has 0 aromatic heterocycles. The molecule has 56 radical (unpaired) electrons. The molecule has 0 saturated carbocycles. The van der Waals surface area contributed by atoms with Crippen LogP contribution in [-0.2, 0) is 0 Å². The van der Waals surface area contributed by atoms with Gasteiger partial charge in [-0.1, -0.05) is 0 Å².